The average molecular weight is 595 g/mol. The maximum absolute atomic E-state index is 13.8. The van der Waals surface area contributed by atoms with Crippen molar-refractivity contribution in [2.45, 2.75) is 24.8 Å². The zero-order valence-corrected chi connectivity index (χ0v) is 24.6. The first-order valence-corrected chi connectivity index (χ1v) is 14.9. The summed E-state index contributed by atoms with van der Waals surface area (Å²) in [6.45, 7) is 1.72. The van der Waals surface area contributed by atoms with E-state index in [9.17, 15) is 14.4 Å². The zero-order chi connectivity index (χ0) is 30.1. The SMILES string of the molecule is O=C(Cc1cccc2ccccc12)NCCNC(=O)C1(NC(=O)C(=Cc2ccc(Cl)cc2)c2ccccc2)CCNCC1. The lowest BCUT2D eigenvalue weighted by molar-refractivity contribution is -0.133. The molecular weight excluding hydrogens is 560 g/mol. The van der Waals surface area contributed by atoms with Crippen molar-refractivity contribution in [1.29, 1.82) is 0 Å². The second-order valence-electron chi connectivity index (χ2n) is 10.7. The number of hydrogen-bond donors (Lipinski definition) is 4. The number of nitrogens with one attached hydrogen (secondary N) is 4. The van der Waals surface area contributed by atoms with E-state index < -0.39 is 5.54 Å². The Bertz CT molecular complexity index is 1610. The summed E-state index contributed by atoms with van der Waals surface area (Å²) in [5.41, 5.74) is 1.89. The van der Waals surface area contributed by atoms with Crippen molar-refractivity contribution >= 4 is 51.7 Å². The summed E-state index contributed by atoms with van der Waals surface area (Å²) in [6, 6.07) is 30.5. The summed E-state index contributed by atoms with van der Waals surface area (Å²) < 4.78 is 0. The number of piperidine rings is 1. The third-order valence-corrected chi connectivity index (χ3v) is 7.97. The Hall–Kier alpha value is -4.46. The van der Waals surface area contributed by atoms with Gasteiger partial charge in [-0.1, -0.05) is 96.5 Å². The van der Waals surface area contributed by atoms with Crippen molar-refractivity contribution in [3.05, 3.63) is 119 Å². The molecule has 0 radical (unpaired) electrons. The summed E-state index contributed by atoms with van der Waals surface area (Å²) in [6.07, 6.45) is 2.95. The van der Waals surface area contributed by atoms with Crippen LogP contribution in [0.5, 0.6) is 0 Å². The molecule has 1 aliphatic rings. The van der Waals surface area contributed by atoms with Gasteiger partial charge in [0.05, 0.1) is 6.42 Å². The fraction of sp³-hybridized carbons (Fsp3) is 0.229. The minimum absolute atomic E-state index is 0.115. The van der Waals surface area contributed by atoms with Crippen molar-refractivity contribution in [1.82, 2.24) is 21.3 Å². The Labute approximate surface area is 256 Å². The van der Waals surface area contributed by atoms with Crippen LogP contribution in [0.15, 0.2) is 97.1 Å². The van der Waals surface area contributed by atoms with Gasteiger partial charge in [0, 0.05) is 23.7 Å². The first-order valence-electron chi connectivity index (χ1n) is 14.5. The molecular formula is C35H35ClN4O3. The van der Waals surface area contributed by atoms with Crippen LogP contribution in [-0.4, -0.2) is 49.4 Å². The molecule has 1 fully saturated rings. The molecule has 4 aromatic carbocycles. The van der Waals surface area contributed by atoms with E-state index in [-0.39, 0.29) is 37.2 Å². The maximum Gasteiger partial charge on any atom is 0.252 e. The number of carbonyl (C=O) groups is 3. The second-order valence-corrected chi connectivity index (χ2v) is 11.1. The molecule has 0 aliphatic carbocycles. The predicted molar refractivity (Wildman–Crippen MR) is 172 cm³/mol. The van der Waals surface area contributed by atoms with Gasteiger partial charge in [-0.25, -0.2) is 0 Å². The molecule has 1 heterocycles. The lowest BCUT2D eigenvalue weighted by Crippen LogP contribution is -2.63. The van der Waals surface area contributed by atoms with E-state index in [4.69, 9.17) is 11.6 Å². The second kappa shape index (κ2) is 14.1. The number of hydrogen-bond acceptors (Lipinski definition) is 4. The van der Waals surface area contributed by atoms with Gasteiger partial charge in [0.25, 0.3) is 5.91 Å². The minimum Gasteiger partial charge on any atom is -0.354 e. The van der Waals surface area contributed by atoms with Crippen LogP contribution in [0, 0.1) is 0 Å². The van der Waals surface area contributed by atoms with Crippen LogP contribution < -0.4 is 21.3 Å². The molecule has 4 N–H and O–H groups in total. The molecule has 1 saturated heterocycles. The van der Waals surface area contributed by atoms with E-state index in [2.05, 4.69) is 21.3 Å². The normalized spacial score (nSPS) is 14.6. The van der Waals surface area contributed by atoms with Crippen LogP contribution in [0.3, 0.4) is 0 Å². The van der Waals surface area contributed by atoms with Gasteiger partial charge >= 0.3 is 0 Å². The summed E-state index contributed by atoms with van der Waals surface area (Å²) in [5.74, 6) is -0.707. The summed E-state index contributed by atoms with van der Waals surface area (Å²) in [4.78, 5) is 40.1. The number of fused-ring (bicyclic) bond motifs is 1. The monoisotopic (exact) mass is 594 g/mol. The number of benzene rings is 4. The molecule has 0 atom stereocenters. The fourth-order valence-electron chi connectivity index (χ4n) is 5.40. The molecule has 7 nitrogen and oxygen atoms in total. The topological polar surface area (TPSA) is 99.3 Å². The van der Waals surface area contributed by atoms with E-state index >= 15 is 0 Å². The van der Waals surface area contributed by atoms with Gasteiger partial charge in [-0.3, -0.25) is 14.4 Å². The van der Waals surface area contributed by atoms with Gasteiger partial charge in [0.2, 0.25) is 11.8 Å². The minimum atomic E-state index is -1.08. The van der Waals surface area contributed by atoms with Crippen molar-refractivity contribution in [2.75, 3.05) is 26.2 Å². The van der Waals surface area contributed by atoms with Crippen LogP contribution in [0.25, 0.3) is 22.4 Å². The molecule has 0 saturated carbocycles. The van der Waals surface area contributed by atoms with Crippen molar-refractivity contribution in [3.63, 3.8) is 0 Å². The van der Waals surface area contributed by atoms with E-state index in [0.29, 0.717) is 36.5 Å². The van der Waals surface area contributed by atoms with Gasteiger partial charge in [0.15, 0.2) is 0 Å². The van der Waals surface area contributed by atoms with Gasteiger partial charge in [0.1, 0.15) is 5.54 Å². The first-order chi connectivity index (χ1) is 20.9. The lowest BCUT2D eigenvalue weighted by Gasteiger charge is -2.37. The molecule has 5 rings (SSSR count). The largest absolute Gasteiger partial charge is 0.354 e. The van der Waals surface area contributed by atoms with E-state index in [1.165, 1.54) is 0 Å². The highest BCUT2D eigenvalue weighted by molar-refractivity contribution is 6.30. The fourth-order valence-corrected chi connectivity index (χ4v) is 5.53. The van der Waals surface area contributed by atoms with E-state index in [1.54, 1.807) is 18.2 Å². The lowest BCUT2D eigenvalue weighted by atomic mass is 9.86. The quantitative estimate of drug-likeness (QED) is 0.121. The summed E-state index contributed by atoms with van der Waals surface area (Å²) >= 11 is 6.06. The van der Waals surface area contributed by atoms with Crippen molar-refractivity contribution in [2.24, 2.45) is 0 Å². The highest BCUT2D eigenvalue weighted by Crippen LogP contribution is 2.24. The Morgan fingerprint density at radius 3 is 2.23 bits per heavy atom. The Kier molecular flexibility index (Phi) is 9.87. The Morgan fingerprint density at radius 1 is 0.791 bits per heavy atom. The average Bonchev–Trinajstić information content (AvgIpc) is 3.03. The Balaban J connectivity index is 1.23. The van der Waals surface area contributed by atoms with Crippen molar-refractivity contribution < 1.29 is 14.4 Å². The maximum atomic E-state index is 13.8. The van der Waals surface area contributed by atoms with Gasteiger partial charge < -0.3 is 21.3 Å². The molecule has 1 aliphatic heterocycles. The van der Waals surface area contributed by atoms with Crippen LogP contribution in [-0.2, 0) is 20.8 Å². The van der Waals surface area contributed by atoms with Gasteiger partial charge in [-0.2, -0.15) is 0 Å². The first kappa shape index (κ1) is 30.0. The van der Waals surface area contributed by atoms with E-state index in [1.807, 2.05) is 84.9 Å². The molecule has 0 bridgehead atoms. The molecule has 0 aromatic heterocycles. The molecule has 4 aromatic rings. The molecule has 0 unspecified atom stereocenters. The molecule has 43 heavy (non-hydrogen) atoms. The van der Waals surface area contributed by atoms with Crippen LogP contribution in [0.4, 0.5) is 0 Å². The Morgan fingerprint density at radius 2 is 1.47 bits per heavy atom. The molecule has 220 valence electrons. The van der Waals surface area contributed by atoms with Gasteiger partial charge in [-0.15, -0.1) is 0 Å². The third-order valence-electron chi connectivity index (χ3n) is 7.72. The molecule has 0 spiro atoms. The number of rotatable bonds is 10. The highest BCUT2D eigenvalue weighted by atomic mass is 35.5. The number of halogens is 1. The number of amides is 3. The van der Waals surface area contributed by atoms with Crippen LogP contribution in [0.2, 0.25) is 5.02 Å². The third kappa shape index (κ3) is 7.69. The molecule has 8 heteroatoms. The summed E-state index contributed by atoms with van der Waals surface area (Å²) in [5, 5.41) is 15.0. The van der Waals surface area contributed by atoms with Crippen LogP contribution >= 0.6 is 11.6 Å². The summed E-state index contributed by atoms with van der Waals surface area (Å²) in [7, 11) is 0. The van der Waals surface area contributed by atoms with Gasteiger partial charge in [-0.05, 0) is 71.6 Å². The highest BCUT2D eigenvalue weighted by Gasteiger charge is 2.41. The zero-order valence-electron chi connectivity index (χ0n) is 23.9. The molecule has 3 amide bonds. The van der Waals surface area contributed by atoms with Crippen LogP contribution in [0.1, 0.15) is 29.5 Å². The van der Waals surface area contributed by atoms with E-state index in [0.717, 1.165) is 27.5 Å². The standard InChI is InChI=1S/C35H35ClN4O3/c36-29-15-13-25(14-16-29)23-31(27-7-2-1-3-8-27)33(42)40-35(17-19-37-20-18-35)34(43)39-22-21-38-32(41)24-28-11-6-10-26-9-4-5-12-30(26)28/h1-16,23,37H,17-22,24H2,(H,38,41)(H,39,43)(H,40,42). The predicted octanol–water partition coefficient (Wildman–Crippen LogP) is 4.75. The number of carbonyl (C=O) groups excluding carboxylic acids is 3. The smallest absolute Gasteiger partial charge is 0.252 e. The van der Waals surface area contributed by atoms with Crippen molar-refractivity contribution in [3.8, 4) is 0 Å².